The summed E-state index contributed by atoms with van der Waals surface area (Å²) < 4.78 is 5.26. The molecule has 2 aromatic carbocycles. The van der Waals surface area contributed by atoms with Crippen molar-refractivity contribution in [2.45, 2.75) is 0 Å². The number of nitrogens with one attached hydrogen (secondary N) is 1. The molecule has 3 rings (SSSR count). The minimum Gasteiger partial charge on any atom is -0.495 e. The Bertz CT molecular complexity index is 866. The molecule has 0 aliphatic heterocycles. The molecule has 0 bridgehead atoms. The number of carbonyl (C=O) groups excluding carboxylic acids is 1. The third kappa shape index (κ3) is 3.77. The number of rotatable bonds is 5. The molecule has 0 atom stereocenters. The Morgan fingerprint density at radius 2 is 1.72 bits per heavy atom. The number of anilines is 3. The number of methoxy groups -OCH3 is 1. The fourth-order valence-corrected chi connectivity index (χ4v) is 2.48. The van der Waals surface area contributed by atoms with Crippen molar-refractivity contribution < 1.29 is 9.53 Å². The molecule has 0 aliphatic rings. The van der Waals surface area contributed by atoms with Crippen LogP contribution >= 0.6 is 0 Å². The minimum absolute atomic E-state index is 0.236. The van der Waals surface area contributed by atoms with Gasteiger partial charge in [-0.1, -0.05) is 30.3 Å². The monoisotopic (exact) mass is 333 g/mol. The summed E-state index contributed by atoms with van der Waals surface area (Å²) in [7, 11) is 3.51. The van der Waals surface area contributed by atoms with Crippen LogP contribution in [0, 0.1) is 0 Å². The summed E-state index contributed by atoms with van der Waals surface area (Å²) in [5.41, 5.74) is 2.95. The van der Waals surface area contributed by atoms with E-state index in [1.165, 1.54) is 0 Å². The summed E-state index contributed by atoms with van der Waals surface area (Å²) in [6, 6.07) is 19.0. The predicted molar refractivity (Wildman–Crippen MR) is 99.7 cm³/mol. The summed E-state index contributed by atoms with van der Waals surface area (Å²) in [6.45, 7) is 0. The SMILES string of the molecule is COc1ccccc1NC(=O)c1cncc(N(C)c2ccccc2)c1. The summed E-state index contributed by atoms with van der Waals surface area (Å²) in [4.78, 5) is 18.8. The van der Waals surface area contributed by atoms with Crippen LogP contribution in [0.3, 0.4) is 0 Å². The van der Waals surface area contributed by atoms with Crippen molar-refractivity contribution >= 4 is 23.0 Å². The van der Waals surface area contributed by atoms with E-state index < -0.39 is 0 Å². The zero-order valence-electron chi connectivity index (χ0n) is 14.1. The average molecular weight is 333 g/mol. The van der Waals surface area contributed by atoms with E-state index in [2.05, 4.69) is 10.3 Å². The molecular weight excluding hydrogens is 314 g/mol. The molecule has 1 amide bonds. The average Bonchev–Trinajstić information content (AvgIpc) is 2.68. The predicted octanol–water partition coefficient (Wildman–Crippen LogP) is 4.11. The van der Waals surface area contributed by atoms with Crippen LogP contribution in [-0.2, 0) is 0 Å². The van der Waals surface area contributed by atoms with Crippen molar-refractivity contribution in [3.8, 4) is 5.75 Å². The van der Waals surface area contributed by atoms with Gasteiger partial charge in [0.1, 0.15) is 5.75 Å². The van der Waals surface area contributed by atoms with Crippen molar-refractivity contribution in [1.29, 1.82) is 0 Å². The molecular formula is C20H19N3O2. The largest absolute Gasteiger partial charge is 0.495 e. The van der Waals surface area contributed by atoms with Crippen molar-refractivity contribution in [3.05, 3.63) is 78.6 Å². The van der Waals surface area contributed by atoms with Crippen LogP contribution in [0.2, 0.25) is 0 Å². The Kier molecular flexibility index (Phi) is 4.95. The number of aromatic nitrogens is 1. The molecule has 25 heavy (non-hydrogen) atoms. The molecule has 0 unspecified atom stereocenters. The van der Waals surface area contributed by atoms with Gasteiger partial charge in [0.2, 0.25) is 0 Å². The van der Waals surface area contributed by atoms with Crippen LogP contribution in [0.5, 0.6) is 5.75 Å². The molecule has 5 nitrogen and oxygen atoms in total. The van der Waals surface area contributed by atoms with Gasteiger partial charge in [0.15, 0.2) is 0 Å². The van der Waals surface area contributed by atoms with Crippen LogP contribution in [0.25, 0.3) is 0 Å². The topological polar surface area (TPSA) is 54.5 Å². The molecule has 0 spiro atoms. The number of amides is 1. The van der Waals surface area contributed by atoms with Crippen LogP contribution in [-0.4, -0.2) is 25.0 Å². The first-order valence-electron chi connectivity index (χ1n) is 7.87. The number of ether oxygens (including phenoxy) is 1. The minimum atomic E-state index is -0.236. The van der Waals surface area contributed by atoms with Gasteiger partial charge < -0.3 is 15.0 Å². The molecule has 0 aliphatic carbocycles. The van der Waals surface area contributed by atoms with E-state index in [1.54, 1.807) is 31.6 Å². The van der Waals surface area contributed by atoms with E-state index in [1.807, 2.05) is 60.5 Å². The zero-order chi connectivity index (χ0) is 17.6. The van der Waals surface area contributed by atoms with Crippen molar-refractivity contribution in [3.63, 3.8) is 0 Å². The lowest BCUT2D eigenvalue weighted by Gasteiger charge is -2.19. The van der Waals surface area contributed by atoms with Gasteiger partial charge in [-0.05, 0) is 30.3 Å². The first kappa shape index (κ1) is 16.5. The van der Waals surface area contributed by atoms with Crippen molar-refractivity contribution in [1.82, 2.24) is 4.98 Å². The van der Waals surface area contributed by atoms with Gasteiger partial charge in [0.25, 0.3) is 5.91 Å². The number of hydrogen-bond acceptors (Lipinski definition) is 4. The van der Waals surface area contributed by atoms with Crippen LogP contribution in [0.1, 0.15) is 10.4 Å². The lowest BCUT2D eigenvalue weighted by molar-refractivity contribution is 0.102. The second kappa shape index (κ2) is 7.49. The highest BCUT2D eigenvalue weighted by atomic mass is 16.5. The molecule has 1 heterocycles. The fourth-order valence-electron chi connectivity index (χ4n) is 2.48. The second-order valence-corrected chi connectivity index (χ2v) is 5.48. The molecule has 0 radical (unpaired) electrons. The van der Waals surface area contributed by atoms with E-state index in [-0.39, 0.29) is 5.91 Å². The first-order chi connectivity index (χ1) is 12.2. The highest BCUT2D eigenvalue weighted by Crippen LogP contribution is 2.25. The molecule has 0 saturated carbocycles. The standard InChI is InChI=1S/C20H19N3O2/c1-23(16-8-4-3-5-9-16)17-12-15(13-21-14-17)20(24)22-18-10-6-7-11-19(18)25-2/h3-14H,1-2H3,(H,22,24). The normalized spacial score (nSPS) is 10.2. The van der Waals surface area contributed by atoms with Gasteiger partial charge in [-0.25, -0.2) is 0 Å². The van der Waals surface area contributed by atoms with E-state index >= 15 is 0 Å². The molecule has 126 valence electrons. The Morgan fingerprint density at radius 3 is 2.48 bits per heavy atom. The summed E-state index contributed by atoms with van der Waals surface area (Å²) >= 11 is 0. The Hall–Kier alpha value is -3.34. The van der Waals surface area contributed by atoms with Gasteiger partial charge in [-0.3, -0.25) is 9.78 Å². The van der Waals surface area contributed by atoms with Gasteiger partial charge >= 0.3 is 0 Å². The molecule has 0 fully saturated rings. The van der Waals surface area contributed by atoms with Gasteiger partial charge in [-0.2, -0.15) is 0 Å². The molecule has 3 aromatic rings. The number of benzene rings is 2. The molecule has 0 saturated heterocycles. The van der Waals surface area contributed by atoms with E-state index in [4.69, 9.17) is 4.74 Å². The smallest absolute Gasteiger partial charge is 0.257 e. The molecule has 1 aromatic heterocycles. The van der Waals surface area contributed by atoms with Gasteiger partial charge in [-0.15, -0.1) is 0 Å². The number of pyridine rings is 1. The number of nitrogens with zero attached hydrogens (tertiary/aromatic N) is 2. The zero-order valence-corrected chi connectivity index (χ0v) is 14.1. The van der Waals surface area contributed by atoms with Crippen molar-refractivity contribution in [2.24, 2.45) is 0 Å². The third-order valence-electron chi connectivity index (χ3n) is 3.87. The Labute approximate surface area is 146 Å². The fraction of sp³-hybridized carbons (Fsp3) is 0.100. The lowest BCUT2D eigenvalue weighted by atomic mass is 10.2. The highest BCUT2D eigenvalue weighted by Gasteiger charge is 2.12. The van der Waals surface area contributed by atoms with E-state index in [9.17, 15) is 4.79 Å². The quantitative estimate of drug-likeness (QED) is 0.763. The van der Waals surface area contributed by atoms with Crippen molar-refractivity contribution in [2.75, 3.05) is 24.4 Å². The molecule has 5 heteroatoms. The number of hydrogen-bond donors (Lipinski definition) is 1. The maximum Gasteiger partial charge on any atom is 0.257 e. The van der Waals surface area contributed by atoms with E-state index in [0.717, 1.165) is 11.4 Å². The Balaban J connectivity index is 1.82. The maximum absolute atomic E-state index is 12.6. The van der Waals surface area contributed by atoms with Crippen LogP contribution < -0.4 is 15.0 Å². The maximum atomic E-state index is 12.6. The van der Waals surface area contributed by atoms with Crippen LogP contribution in [0.4, 0.5) is 17.1 Å². The summed E-state index contributed by atoms with van der Waals surface area (Å²) in [6.07, 6.45) is 3.28. The number of para-hydroxylation sites is 3. The van der Waals surface area contributed by atoms with Gasteiger partial charge in [0.05, 0.1) is 30.2 Å². The third-order valence-corrected chi connectivity index (χ3v) is 3.87. The first-order valence-corrected chi connectivity index (χ1v) is 7.87. The van der Waals surface area contributed by atoms with Gasteiger partial charge in [0, 0.05) is 18.9 Å². The Morgan fingerprint density at radius 1 is 1.00 bits per heavy atom. The summed E-state index contributed by atoms with van der Waals surface area (Å²) in [5.74, 6) is 0.377. The number of carbonyl (C=O) groups is 1. The highest BCUT2D eigenvalue weighted by molar-refractivity contribution is 6.05. The van der Waals surface area contributed by atoms with Crippen LogP contribution in [0.15, 0.2) is 73.1 Å². The second-order valence-electron chi connectivity index (χ2n) is 5.48. The molecule has 1 N–H and O–H groups in total. The lowest BCUT2D eigenvalue weighted by Crippen LogP contribution is -2.15. The summed E-state index contributed by atoms with van der Waals surface area (Å²) in [5, 5.41) is 2.86. The van der Waals surface area contributed by atoms with E-state index in [0.29, 0.717) is 17.0 Å².